The summed E-state index contributed by atoms with van der Waals surface area (Å²) in [5.74, 6) is 1.58. The van der Waals surface area contributed by atoms with Gasteiger partial charge in [0.25, 0.3) is 0 Å². The van der Waals surface area contributed by atoms with E-state index >= 15 is 0 Å². The number of hydrogen-bond donors (Lipinski definition) is 0. The first kappa shape index (κ1) is 26.9. The SMILES string of the molecule is COCOc1ccc(OC)c(/C=C/C(=O)c2cc(OCOC)c(OCOC)c(OCOC)c2)c1. The van der Waals surface area contributed by atoms with Crippen molar-refractivity contribution in [1.29, 1.82) is 0 Å². The van der Waals surface area contributed by atoms with Crippen LogP contribution in [-0.2, 0) is 18.9 Å². The Balaban J connectivity index is 2.39. The zero-order valence-corrected chi connectivity index (χ0v) is 20.0. The van der Waals surface area contributed by atoms with Gasteiger partial charge in [0.05, 0.1) is 7.11 Å². The van der Waals surface area contributed by atoms with E-state index in [1.807, 2.05) is 0 Å². The van der Waals surface area contributed by atoms with Crippen LogP contribution >= 0.6 is 0 Å². The molecule has 0 bridgehead atoms. The van der Waals surface area contributed by atoms with Gasteiger partial charge in [-0.15, -0.1) is 0 Å². The van der Waals surface area contributed by atoms with E-state index < -0.39 is 0 Å². The molecule has 2 rings (SSSR count). The van der Waals surface area contributed by atoms with Crippen molar-refractivity contribution in [3.05, 3.63) is 47.5 Å². The average molecular weight is 478 g/mol. The summed E-state index contributed by atoms with van der Waals surface area (Å²) < 4.78 is 47.5. The molecule has 0 N–H and O–H groups in total. The van der Waals surface area contributed by atoms with E-state index in [9.17, 15) is 4.79 Å². The van der Waals surface area contributed by atoms with Gasteiger partial charge >= 0.3 is 0 Å². The van der Waals surface area contributed by atoms with Gasteiger partial charge in [-0.25, -0.2) is 0 Å². The van der Waals surface area contributed by atoms with Gasteiger partial charge < -0.3 is 42.6 Å². The third-order valence-corrected chi connectivity index (χ3v) is 4.25. The van der Waals surface area contributed by atoms with Gasteiger partial charge in [-0.2, -0.15) is 0 Å². The van der Waals surface area contributed by atoms with Crippen LogP contribution in [0.3, 0.4) is 0 Å². The molecular formula is C24H30O10. The fourth-order valence-corrected chi connectivity index (χ4v) is 2.76. The van der Waals surface area contributed by atoms with Crippen LogP contribution < -0.4 is 23.7 Å². The molecule has 10 heteroatoms. The average Bonchev–Trinajstić information content (AvgIpc) is 2.86. The second-order valence-electron chi connectivity index (χ2n) is 6.61. The molecule has 0 radical (unpaired) electrons. The predicted molar refractivity (Wildman–Crippen MR) is 123 cm³/mol. The number of methoxy groups -OCH3 is 5. The molecule has 0 spiro atoms. The number of carbonyl (C=O) groups excluding carboxylic acids is 1. The van der Waals surface area contributed by atoms with E-state index in [-0.39, 0.29) is 50.2 Å². The number of allylic oxidation sites excluding steroid dienone is 1. The van der Waals surface area contributed by atoms with Crippen LogP contribution in [0.4, 0.5) is 0 Å². The lowest BCUT2D eigenvalue weighted by Gasteiger charge is -2.17. The monoisotopic (exact) mass is 478 g/mol. The Labute approximate surface area is 198 Å². The summed E-state index contributed by atoms with van der Waals surface area (Å²) in [4.78, 5) is 13.0. The molecule has 0 aliphatic heterocycles. The predicted octanol–water partition coefficient (Wildman–Crippen LogP) is 3.52. The van der Waals surface area contributed by atoms with Crippen molar-refractivity contribution in [3.8, 4) is 28.7 Å². The highest BCUT2D eigenvalue weighted by molar-refractivity contribution is 6.07. The first-order chi connectivity index (χ1) is 16.6. The highest BCUT2D eigenvalue weighted by Gasteiger charge is 2.18. The van der Waals surface area contributed by atoms with E-state index in [1.165, 1.54) is 46.6 Å². The first-order valence-electron chi connectivity index (χ1n) is 10.1. The fourth-order valence-electron chi connectivity index (χ4n) is 2.76. The lowest BCUT2D eigenvalue weighted by Crippen LogP contribution is -2.09. The van der Waals surface area contributed by atoms with Gasteiger partial charge in [-0.1, -0.05) is 0 Å². The van der Waals surface area contributed by atoms with E-state index in [4.69, 9.17) is 42.6 Å². The Kier molecular flexibility index (Phi) is 11.7. The summed E-state index contributed by atoms with van der Waals surface area (Å²) >= 11 is 0. The molecule has 0 saturated carbocycles. The summed E-state index contributed by atoms with van der Waals surface area (Å²) in [5.41, 5.74) is 0.945. The molecule has 34 heavy (non-hydrogen) atoms. The Morgan fingerprint density at radius 3 is 1.82 bits per heavy atom. The van der Waals surface area contributed by atoms with Crippen molar-refractivity contribution in [2.24, 2.45) is 0 Å². The molecule has 0 amide bonds. The second kappa shape index (κ2) is 14.8. The molecule has 0 aliphatic carbocycles. The van der Waals surface area contributed by atoms with Gasteiger partial charge in [-0.3, -0.25) is 4.79 Å². The standard InChI is InChI=1S/C24H30O10/c1-26-13-31-19-7-9-21(30-5)17(10-19)6-8-20(25)18-11-22(32-14-27-2)24(34-16-29-4)23(12-18)33-15-28-3/h6-12H,13-16H2,1-5H3/b8-6+. The molecule has 0 aliphatic rings. The molecule has 0 unspecified atom stereocenters. The zero-order valence-electron chi connectivity index (χ0n) is 20.0. The van der Waals surface area contributed by atoms with Gasteiger partial charge in [-0.05, 0) is 42.5 Å². The van der Waals surface area contributed by atoms with Gasteiger partial charge in [0, 0.05) is 39.6 Å². The third kappa shape index (κ3) is 7.92. The molecule has 10 nitrogen and oxygen atoms in total. The summed E-state index contributed by atoms with van der Waals surface area (Å²) in [5, 5.41) is 0. The normalized spacial score (nSPS) is 10.9. The molecule has 0 heterocycles. The van der Waals surface area contributed by atoms with Crippen LogP contribution in [-0.4, -0.2) is 68.5 Å². The molecule has 2 aromatic carbocycles. The van der Waals surface area contributed by atoms with Crippen LogP contribution in [0, 0.1) is 0 Å². The van der Waals surface area contributed by atoms with E-state index in [2.05, 4.69) is 0 Å². The maximum atomic E-state index is 13.0. The summed E-state index contributed by atoms with van der Waals surface area (Å²) in [6.45, 7) is -0.0837. The van der Waals surface area contributed by atoms with E-state index in [0.717, 1.165) is 0 Å². The van der Waals surface area contributed by atoms with Crippen molar-refractivity contribution in [2.75, 3.05) is 62.7 Å². The summed E-state index contributed by atoms with van der Waals surface area (Å²) in [6, 6.07) is 8.29. The van der Waals surface area contributed by atoms with Crippen LogP contribution in [0.15, 0.2) is 36.4 Å². The van der Waals surface area contributed by atoms with Crippen molar-refractivity contribution >= 4 is 11.9 Å². The molecular weight excluding hydrogens is 448 g/mol. The van der Waals surface area contributed by atoms with Gasteiger partial charge in [0.15, 0.2) is 44.5 Å². The van der Waals surface area contributed by atoms with Crippen LogP contribution in [0.5, 0.6) is 28.7 Å². The molecule has 0 saturated heterocycles. The van der Waals surface area contributed by atoms with Crippen LogP contribution in [0.2, 0.25) is 0 Å². The number of hydrogen-bond acceptors (Lipinski definition) is 10. The van der Waals surface area contributed by atoms with Gasteiger partial charge in [0.1, 0.15) is 11.5 Å². The zero-order chi connectivity index (χ0) is 24.8. The van der Waals surface area contributed by atoms with Crippen molar-refractivity contribution in [3.63, 3.8) is 0 Å². The third-order valence-electron chi connectivity index (χ3n) is 4.25. The second-order valence-corrected chi connectivity index (χ2v) is 6.61. The largest absolute Gasteiger partial charge is 0.496 e. The molecule has 0 atom stereocenters. The lowest BCUT2D eigenvalue weighted by molar-refractivity contribution is 0.0217. The van der Waals surface area contributed by atoms with Crippen molar-refractivity contribution in [2.45, 2.75) is 0 Å². The topological polar surface area (TPSA) is 100 Å². The van der Waals surface area contributed by atoms with Crippen molar-refractivity contribution in [1.82, 2.24) is 0 Å². The number of ketones is 1. The minimum Gasteiger partial charge on any atom is -0.496 e. The number of carbonyl (C=O) groups is 1. The highest BCUT2D eigenvalue weighted by atomic mass is 16.7. The highest BCUT2D eigenvalue weighted by Crippen LogP contribution is 2.39. The molecule has 2 aromatic rings. The quantitative estimate of drug-likeness (QED) is 0.202. The molecule has 186 valence electrons. The Morgan fingerprint density at radius 1 is 0.706 bits per heavy atom. The number of ether oxygens (including phenoxy) is 9. The smallest absolute Gasteiger partial charge is 0.206 e. The Bertz CT molecular complexity index is 912. The summed E-state index contributed by atoms with van der Waals surface area (Å²) in [7, 11) is 7.52. The van der Waals surface area contributed by atoms with Crippen LogP contribution in [0.25, 0.3) is 6.08 Å². The van der Waals surface area contributed by atoms with Crippen molar-refractivity contribution < 1.29 is 47.4 Å². The maximum Gasteiger partial charge on any atom is 0.206 e. The minimum absolute atomic E-state index is 0.0544. The fraction of sp³-hybridized carbons (Fsp3) is 0.375. The minimum atomic E-state index is -0.312. The number of benzene rings is 2. The molecule has 0 fully saturated rings. The van der Waals surface area contributed by atoms with Gasteiger partial charge in [0.2, 0.25) is 5.75 Å². The van der Waals surface area contributed by atoms with Crippen LogP contribution in [0.1, 0.15) is 15.9 Å². The maximum absolute atomic E-state index is 13.0. The van der Waals surface area contributed by atoms with E-state index in [0.29, 0.717) is 22.6 Å². The lowest BCUT2D eigenvalue weighted by atomic mass is 10.1. The first-order valence-corrected chi connectivity index (χ1v) is 10.1. The van der Waals surface area contributed by atoms with E-state index in [1.54, 1.807) is 31.4 Å². The summed E-state index contributed by atoms with van der Waals surface area (Å²) in [6.07, 6.45) is 3.03. The molecule has 0 aromatic heterocycles. The number of rotatable bonds is 16. The Morgan fingerprint density at radius 2 is 1.26 bits per heavy atom. The Hall–Kier alpha value is -3.31.